The van der Waals surface area contributed by atoms with Crippen LogP contribution in [0.3, 0.4) is 0 Å². The van der Waals surface area contributed by atoms with Crippen LogP contribution in [0.2, 0.25) is 0 Å². The number of benzene rings is 4. The highest BCUT2D eigenvalue weighted by atomic mass is 32.1. The number of hydrogen-bond acceptors (Lipinski definition) is 8. The van der Waals surface area contributed by atoms with Crippen LogP contribution in [0.5, 0.6) is 5.75 Å². The largest absolute Gasteiger partial charge is 0.422 e. The summed E-state index contributed by atoms with van der Waals surface area (Å²) in [5, 5.41) is 16.7. The monoisotopic (exact) mass is 535 g/mol. The third kappa shape index (κ3) is 6.03. The number of rotatable bonds is 6. The van der Waals surface area contributed by atoms with Crippen LogP contribution in [0, 0.1) is 6.92 Å². The zero-order valence-corrected chi connectivity index (χ0v) is 21.4. The molecule has 0 spiro atoms. The molecule has 0 saturated heterocycles. The van der Waals surface area contributed by atoms with Gasteiger partial charge >= 0.3 is 17.8 Å². The third-order valence-corrected chi connectivity index (χ3v) is 6.54. The fourth-order valence-corrected chi connectivity index (χ4v) is 4.42. The van der Waals surface area contributed by atoms with E-state index >= 15 is 0 Å². The predicted molar refractivity (Wildman–Crippen MR) is 150 cm³/mol. The van der Waals surface area contributed by atoms with E-state index in [-0.39, 0.29) is 10.9 Å². The molecule has 5 rings (SSSR count). The number of aryl methyl sites for hydroxylation is 1. The average molecular weight is 536 g/mol. The molecule has 9 nitrogen and oxygen atoms in total. The molecule has 0 atom stereocenters. The maximum absolute atomic E-state index is 12.8. The highest BCUT2D eigenvalue weighted by Gasteiger charge is 2.17. The summed E-state index contributed by atoms with van der Waals surface area (Å²) in [6, 6.07) is 27.3. The summed E-state index contributed by atoms with van der Waals surface area (Å²) < 4.78 is 5.67. The first-order chi connectivity index (χ1) is 19.0. The Labute approximate surface area is 227 Å². The molecule has 0 saturated carbocycles. The Bertz CT molecular complexity index is 1700. The Morgan fingerprint density at radius 3 is 2.38 bits per heavy atom. The van der Waals surface area contributed by atoms with Gasteiger partial charge in [0.05, 0.1) is 11.8 Å². The SMILES string of the molecule is Cc1ccc(C(=O)Oc2ccc3ccccc3c2/C=N/NC(=O)C(=O)Nc2nnc(-c3ccccc3)s2)cc1. The molecule has 0 radical (unpaired) electrons. The van der Waals surface area contributed by atoms with Crippen LogP contribution in [-0.2, 0) is 9.59 Å². The van der Waals surface area contributed by atoms with E-state index in [0.717, 1.165) is 33.2 Å². The molecule has 0 aliphatic heterocycles. The predicted octanol–water partition coefficient (Wildman–Crippen LogP) is 4.97. The van der Waals surface area contributed by atoms with Gasteiger partial charge in [-0.25, -0.2) is 10.2 Å². The minimum atomic E-state index is -0.999. The number of hydrazone groups is 1. The number of nitrogens with zero attached hydrogens (tertiary/aromatic N) is 3. The lowest BCUT2D eigenvalue weighted by molar-refractivity contribution is -0.136. The van der Waals surface area contributed by atoms with Gasteiger partial charge in [-0.2, -0.15) is 5.10 Å². The number of hydrogen-bond donors (Lipinski definition) is 2. The summed E-state index contributed by atoms with van der Waals surface area (Å²) in [6.07, 6.45) is 1.34. The van der Waals surface area contributed by atoms with Crippen LogP contribution in [0.15, 0.2) is 96.1 Å². The van der Waals surface area contributed by atoms with Crippen molar-refractivity contribution in [2.24, 2.45) is 5.10 Å². The summed E-state index contributed by atoms with van der Waals surface area (Å²) in [5.74, 6) is -2.23. The van der Waals surface area contributed by atoms with Crippen molar-refractivity contribution < 1.29 is 19.1 Å². The van der Waals surface area contributed by atoms with Gasteiger partial charge in [0.15, 0.2) is 0 Å². The summed E-state index contributed by atoms with van der Waals surface area (Å²) in [6.45, 7) is 1.93. The Hall–Kier alpha value is -5.22. The first-order valence-electron chi connectivity index (χ1n) is 11.8. The first kappa shape index (κ1) is 25.4. The molecule has 0 unspecified atom stereocenters. The number of esters is 1. The van der Waals surface area contributed by atoms with Crippen LogP contribution in [-0.4, -0.2) is 34.2 Å². The van der Waals surface area contributed by atoms with Crippen LogP contribution in [0.1, 0.15) is 21.5 Å². The van der Waals surface area contributed by atoms with Gasteiger partial charge in [-0.05, 0) is 35.9 Å². The van der Waals surface area contributed by atoms with Crippen molar-refractivity contribution in [3.05, 3.63) is 108 Å². The topological polar surface area (TPSA) is 123 Å². The van der Waals surface area contributed by atoms with Crippen molar-refractivity contribution in [2.75, 3.05) is 5.32 Å². The Morgan fingerprint density at radius 1 is 0.846 bits per heavy atom. The molecular formula is C29H21N5O4S. The molecule has 0 aliphatic rings. The number of carbonyl (C=O) groups is 3. The summed E-state index contributed by atoms with van der Waals surface area (Å²) in [4.78, 5) is 37.5. The van der Waals surface area contributed by atoms with Crippen molar-refractivity contribution >= 4 is 51.2 Å². The molecule has 1 heterocycles. The molecule has 1 aromatic heterocycles. The van der Waals surface area contributed by atoms with Crippen LogP contribution >= 0.6 is 11.3 Å². The number of fused-ring (bicyclic) bond motifs is 1. The van der Waals surface area contributed by atoms with Gasteiger partial charge in [-0.3, -0.25) is 14.9 Å². The molecule has 5 aromatic rings. The van der Waals surface area contributed by atoms with E-state index < -0.39 is 17.8 Å². The average Bonchev–Trinajstić information content (AvgIpc) is 3.43. The number of aromatic nitrogens is 2. The van der Waals surface area contributed by atoms with E-state index in [0.29, 0.717) is 16.1 Å². The van der Waals surface area contributed by atoms with Gasteiger partial charge < -0.3 is 4.74 Å². The zero-order valence-electron chi connectivity index (χ0n) is 20.6. The van der Waals surface area contributed by atoms with Gasteiger partial charge in [0, 0.05) is 11.1 Å². The van der Waals surface area contributed by atoms with Gasteiger partial charge in [0.25, 0.3) is 0 Å². The van der Waals surface area contributed by atoms with Crippen LogP contribution in [0.4, 0.5) is 5.13 Å². The molecule has 10 heteroatoms. The van der Waals surface area contributed by atoms with Crippen molar-refractivity contribution in [3.8, 4) is 16.3 Å². The summed E-state index contributed by atoms with van der Waals surface area (Å²) in [5.41, 5.74) is 4.93. The van der Waals surface area contributed by atoms with E-state index in [9.17, 15) is 14.4 Å². The fourth-order valence-electron chi connectivity index (χ4n) is 3.68. The van der Waals surface area contributed by atoms with Crippen LogP contribution in [0.25, 0.3) is 21.3 Å². The maximum Gasteiger partial charge on any atom is 0.343 e. The minimum absolute atomic E-state index is 0.178. The van der Waals surface area contributed by atoms with Gasteiger partial charge in [-0.1, -0.05) is 89.7 Å². The number of ether oxygens (including phenoxy) is 1. The quantitative estimate of drug-likeness (QED) is 0.104. The zero-order chi connectivity index (χ0) is 27.2. The number of amides is 2. The number of carbonyl (C=O) groups excluding carboxylic acids is 3. The van der Waals surface area contributed by atoms with Crippen LogP contribution < -0.4 is 15.5 Å². The fraction of sp³-hybridized carbons (Fsp3) is 0.0345. The number of anilines is 1. The molecule has 0 fully saturated rings. The van der Waals surface area contributed by atoms with Gasteiger partial charge in [0.2, 0.25) is 5.13 Å². The molecule has 4 aromatic carbocycles. The second kappa shape index (κ2) is 11.4. The molecule has 192 valence electrons. The van der Waals surface area contributed by atoms with E-state index in [1.807, 2.05) is 79.7 Å². The first-order valence-corrected chi connectivity index (χ1v) is 12.6. The van der Waals surface area contributed by atoms with Crippen molar-refractivity contribution in [3.63, 3.8) is 0 Å². The highest BCUT2D eigenvalue weighted by Crippen LogP contribution is 2.28. The summed E-state index contributed by atoms with van der Waals surface area (Å²) in [7, 11) is 0. The smallest absolute Gasteiger partial charge is 0.343 e. The summed E-state index contributed by atoms with van der Waals surface area (Å²) >= 11 is 1.14. The lowest BCUT2D eigenvalue weighted by Crippen LogP contribution is -2.32. The molecule has 0 bridgehead atoms. The highest BCUT2D eigenvalue weighted by molar-refractivity contribution is 7.18. The van der Waals surface area contributed by atoms with Crippen molar-refractivity contribution in [2.45, 2.75) is 6.92 Å². The minimum Gasteiger partial charge on any atom is -0.422 e. The maximum atomic E-state index is 12.8. The Kier molecular flexibility index (Phi) is 7.46. The van der Waals surface area contributed by atoms with Gasteiger partial charge in [0.1, 0.15) is 10.8 Å². The lowest BCUT2D eigenvalue weighted by atomic mass is 10.0. The van der Waals surface area contributed by atoms with E-state index in [2.05, 4.69) is 26.0 Å². The van der Waals surface area contributed by atoms with Gasteiger partial charge in [-0.15, -0.1) is 10.2 Å². The standard InChI is InChI=1S/C29H21N5O4S/c1-18-11-13-21(14-12-18)28(37)38-24-16-15-19-7-5-6-10-22(19)23(24)17-30-32-26(36)25(35)31-29-34-33-27(39-29)20-8-3-2-4-9-20/h2-17H,1H3,(H,32,36)(H,31,34,35)/b30-17+. The van der Waals surface area contributed by atoms with E-state index in [4.69, 9.17) is 4.74 Å². The molecule has 2 N–H and O–H groups in total. The second-order valence-electron chi connectivity index (χ2n) is 8.39. The normalized spacial score (nSPS) is 10.9. The van der Waals surface area contributed by atoms with E-state index in [1.54, 1.807) is 18.2 Å². The van der Waals surface area contributed by atoms with Crippen molar-refractivity contribution in [1.82, 2.24) is 15.6 Å². The Balaban J connectivity index is 1.30. The molecule has 2 amide bonds. The van der Waals surface area contributed by atoms with Crippen molar-refractivity contribution in [1.29, 1.82) is 0 Å². The van der Waals surface area contributed by atoms with E-state index in [1.165, 1.54) is 6.21 Å². The molecular weight excluding hydrogens is 514 g/mol. The third-order valence-electron chi connectivity index (χ3n) is 5.65. The molecule has 0 aliphatic carbocycles. The second-order valence-corrected chi connectivity index (χ2v) is 9.36. The Morgan fingerprint density at radius 2 is 1.59 bits per heavy atom. The lowest BCUT2D eigenvalue weighted by Gasteiger charge is -2.10. The molecule has 39 heavy (non-hydrogen) atoms. The number of nitrogens with one attached hydrogen (secondary N) is 2.